The highest BCUT2D eigenvalue weighted by atomic mass is 19.1. The molecule has 0 radical (unpaired) electrons. The molecule has 0 N–H and O–H groups in total. The highest BCUT2D eigenvalue weighted by Gasteiger charge is 2.22. The molecule has 1 amide bonds. The van der Waals surface area contributed by atoms with E-state index in [1.54, 1.807) is 0 Å². The number of Topliss-reactive ketones (excluding diaryl/α,β-unsaturated/α-hetero) is 1. The second kappa shape index (κ2) is 4.95. The van der Waals surface area contributed by atoms with Crippen LogP contribution in [0.4, 0.5) is 9.18 Å². The maximum absolute atomic E-state index is 12.6. The number of ether oxygens (including phenoxy) is 1. The number of halogens is 1. The molecule has 1 aromatic carbocycles. The van der Waals surface area contributed by atoms with Crippen LogP contribution < -0.4 is 4.74 Å². The molecule has 1 aromatic rings. The predicted octanol–water partition coefficient (Wildman–Crippen LogP) is 1.99. The minimum Gasteiger partial charge on any atom is -0.410 e. The molecule has 0 spiro atoms. The summed E-state index contributed by atoms with van der Waals surface area (Å²) in [6.07, 6.45) is 0.251. The molecule has 90 valence electrons. The summed E-state index contributed by atoms with van der Waals surface area (Å²) < 4.78 is 17.7. The number of rotatable bonds is 1. The number of hydrogen-bond acceptors (Lipinski definition) is 3. The molecule has 0 saturated carbocycles. The largest absolute Gasteiger partial charge is 0.415 e. The lowest BCUT2D eigenvalue weighted by atomic mass is 10.1. The van der Waals surface area contributed by atoms with Gasteiger partial charge in [0.2, 0.25) is 0 Å². The number of nitrogens with zero attached hydrogens (tertiary/aromatic N) is 1. The van der Waals surface area contributed by atoms with Crippen LogP contribution in [-0.4, -0.2) is 29.9 Å². The van der Waals surface area contributed by atoms with Crippen LogP contribution in [-0.2, 0) is 4.79 Å². The Morgan fingerprint density at radius 1 is 1.18 bits per heavy atom. The molecule has 0 bridgehead atoms. The molecule has 0 aliphatic carbocycles. The van der Waals surface area contributed by atoms with Crippen LogP contribution in [0.25, 0.3) is 0 Å². The molecular formula is C12H12FNO3. The first-order valence-corrected chi connectivity index (χ1v) is 5.39. The molecule has 17 heavy (non-hydrogen) atoms. The number of amides is 1. The number of benzene rings is 1. The summed E-state index contributed by atoms with van der Waals surface area (Å²) in [5, 5.41) is 0. The van der Waals surface area contributed by atoms with Crippen molar-refractivity contribution in [1.29, 1.82) is 0 Å². The fourth-order valence-corrected chi connectivity index (χ4v) is 1.61. The lowest BCUT2D eigenvalue weighted by Gasteiger charge is -2.24. The maximum Gasteiger partial charge on any atom is 0.415 e. The van der Waals surface area contributed by atoms with Crippen LogP contribution in [0.1, 0.15) is 12.8 Å². The van der Waals surface area contributed by atoms with Crippen molar-refractivity contribution in [3.05, 3.63) is 30.1 Å². The van der Waals surface area contributed by atoms with E-state index in [2.05, 4.69) is 0 Å². The average Bonchev–Trinajstić information content (AvgIpc) is 2.33. The van der Waals surface area contributed by atoms with Crippen molar-refractivity contribution in [1.82, 2.24) is 4.90 Å². The van der Waals surface area contributed by atoms with Crippen LogP contribution in [0.15, 0.2) is 24.3 Å². The summed E-state index contributed by atoms with van der Waals surface area (Å²) in [5.41, 5.74) is 0. The van der Waals surface area contributed by atoms with Gasteiger partial charge < -0.3 is 9.64 Å². The summed E-state index contributed by atoms with van der Waals surface area (Å²) in [5.74, 6) is 0.0810. The Kier molecular flexibility index (Phi) is 3.37. The fraction of sp³-hybridized carbons (Fsp3) is 0.333. The highest BCUT2D eigenvalue weighted by Crippen LogP contribution is 2.14. The van der Waals surface area contributed by atoms with E-state index in [0.717, 1.165) is 0 Å². The molecule has 0 aromatic heterocycles. The van der Waals surface area contributed by atoms with Crippen LogP contribution in [0.2, 0.25) is 0 Å². The van der Waals surface area contributed by atoms with Crippen LogP contribution in [0.3, 0.4) is 0 Å². The quantitative estimate of drug-likeness (QED) is 0.750. The first-order valence-electron chi connectivity index (χ1n) is 5.39. The molecule has 1 saturated heterocycles. The summed E-state index contributed by atoms with van der Waals surface area (Å²) in [6, 6.07) is 5.23. The van der Waals surface area contributed by atoms with Crippen molar-refractivity contribution in [2.45, 2.75) is 12.8 Å². The highest BCUT2D eigenvalue weighted by molar-refractivity contribution is 5.81. The standard InChI is InChI=1S/C12H12FNO3/c13-9-1-3-11(4-2-9)17-12(16)14-7-5-10(15)6-8-14/h1-4H,5-8H2. The van der Waals surface area contributed by atoms with E-state index < -0.39 is 6.09 Å². The summed E-state index contributed by atoms with van der Waals surface area (Å²) >= 11 is 0. The Morgan fingerprint density at radius 3 is 2.35 bits per heavy atom. The van der Waals surface area contributed by atoms with Crippen molar-refractivity contribution < 1.29 is 18.7 Å². The zero-order chi connectivity index (χ0) is 12.3. The van der Waals surface area contributed by atoms with Crippen molar-refractivity contribution in [3.8, 4) is 5.75 Å². The molecule has 5 heteroatoms. The van der Waals surface area contributed by atoms with Gasteiger partial charge in [-0.25, -0.2) is 9.18 Å². The molecule has 0 unspecified atom stereocenters. The molecule has 1 aliphatic rings. The zero-order valence-electron chi connectivity index (χ0n) is 9.19. The number of ketones is 1. The van der Waals surface area contributed by atoms with Crippen molar-refractivity contribution in [2.24, 2.45) is 0 Å². The SMILES string of the molecule is O=C1CCN(C(=O)Oc2ccc(F)cc2)CC1. The third-order valence-corrected chi connectivity index (χ3v) is 2.60. The molecule has 1 heterocycles. The Hall–Kier alpha value is -1.91. The lowest BCUT2D eigenvalue weighted by Crippen LogP contribution is -2.40. The third kappa shape index (κ3) is 3.03. The maximum atomic E-state index is 12.6. The van der Waals surface area contributed by atoms with Gasteiger partial charge in [-0.15, -0.1) is 0 Å². The van der Waals surface area contributed by atoms with Gasteiger partial charge in [-0.2, -0.15) is 0 Å². The van der Waals surface area contributed by atoms with Gasteiger partial charge >= 0.3 is 6.09 Å². The number of carbonyl (C=O) groups is 2. The van der Waals surface area contributed by atoms with Gasteiger partial charge in [0.1, 0.15) is 17.3 Å². The van der Waals surface area contributed by atoms with E-state index in [0.29, 0.717) is 31.7 Å². The van der Waals surface area contributed by atoms with E-state index in [1.807, 2.05) is 0 Å². The molecule has 1 fully saturated rings. The van der Waals surface area contributed by atoms with E-state index >= 15 is 0 Å². The Bertz CT molecular complexity index is 420. The van der Waals surface area contributed by atoms with Crippen molar-refractivity contribution in [2.75, 3.05) is 13.1 Å². The minimum absolute atomic E-state index is 0.163. The first kappa shape index (κ1) is 11.6. The van der Waals surface area contributed by atoms with Crippen LogP contribution in [0, 0.1) is 5.82 Å². The normalized spacial score (nSPS) is 15.8. The molecular weight excluding hydrogens is 225 g/mol. The Balaban J connectivity index is 1.92. The first-order chi connectivity index (χ1) is 8.15. The lowest BCUT2D eigenvalue weighted by molar-refractivity contribution is -0.121. The topological polar surface area (TPSA) is 46.6 Å². The number of piperidine rings is 1. The molecule has 2 rings (SSSR count). The molecule has 1 aliphatic heterocycles. The van der Waals surface area contributed by atoms with Gasteiger partial charge in [0.25, 0.3) is 0 Å². The summed E-state index contributed by atoms with van der Waals surface area (Å²) in [6.45, 7) is 0.776. The Morgan fingerprint density at radius 2 is 1.76 bits per heavy atom. The van der Waals surface area contributed by atoms with E-state index in [9.17, 15) is 14.0 Å². The second-order valence-electron chi connectivity index (χ2n) is 3.85. The van der Waals surface area contributed by atoms with E-state index in [4.69, 9.17) is 4.74 Å². The zero-order valence-corrected chi connectivity index (χ0v) is 9.19. The van der Waals surface area contributed by atoms with Gasteiger partial charge in [0.15, 0.2) is 0 Å². The van der Waals surface area contributed by atoms with Crippen LogP contribution >= 0.6 is 0 Å². The average molecular weight is 237 g/mol. The Labute approximate surface area is 98.0 Å². The number of likely N-dealkylation sites (tertiary alicyclic amines) is 1. The van der Waals surface area contributed by atoms with Gasteiger partial charge in [0.05, 0.1) is 0 Å². The number of carbonyl (C=O) groups excluding carboxylic acids is 2. The third-order valence-electron chi connectivity index (χ3n) is 2.60. The van der Waals surface area contributed by atoms with Crippen molar-refractivity contribution in [3.63, 3.8) is 0 Å². The minimum atomic E-state index is -0.496. The number of hydrogen-bond donors (Lipinski definition) is 0. The second-order valence-corrected chi connectivity index (χ2v) is 3.85. The van der Waals surface area contributed by atoms with Gasteiger partial charge in [-0.05, 0) is 24.3 Å². The fourth-order valence-electron chi connectivity index (χ4n) is 1.61. The van der Waals surface area contributed by atoms with Crippen LogP contribution in [0.5, 0.6) is 5.75 Å². The van der Waals surface area contributed by atoms with E-state index in [1.165, 1.54) is 29.2 Å². The van der Waals surface area contributed by atoms with E-state index in [-0.39, 0.29) is 11.6 Å². The summed E-state index contributed by atoms with van der Waals surface area (Å²) in [7, 11) is 0. The van der Waals surface area contributed by atoms with Gasteiger partial charge in [-0.1, -0.05) is 0 Å². The smallest absolute Gasteiger partial charge is 0.410 e. The monoisotopic (exact) mass is 237 g/mol. The summed E-state index contributed by atoms with van der Waals surface area (Å²) in [4.78, 5) is 24.1. The van der Waals surface area contributed by atoms with Crippen molar-refractivity contribution >= 4 is 11.9 Å². The predicted molar refractivity (Wildman–Crippen MR) is 58.2 cm³/mol. The molecule has 4 nitrogen and oxygen atoms in total. The molecule has 0 atom stereocenters. The van der Waals surface area contributed by atoms with Gasteiger partial charge in [0, 0.05) is 25.9 Å². The van der Waals surface area contributed by atoms with Gasteiger partial charge in [-0.3, -0.25) is 4.79 Å².